The molecule has 1 unspecified atom stereocenters. The molecular formula is C13H21NO. The van der Waals surface area contributed by atoms with Crippen molar-refractivity contribution < 1.29 is 4.74 Å². The van der Waals surface area contributed by atoms with Crippen molar-refractivity contribution in [2.45, 2.75) is 26.2 Å². The van der Waals surface area contributed by atoms with E-state index in [1.807, 2.05) is 6.92 Å². The standard InChI is InChI=1S/C13H21NO/c1-3-15-8-7-13(10-14)12-6-4-5-11(2)9-12/h4-6,9,13H,3,7-8,10,14H2,1-2H3. The van der Waals surface area contributed by atoms with E-state index in [0.29, 0.717) is 12.5 Å². The zero-order valence-corrected chi connectivity index (χ0v) is 9.70. The van der Waals surface area contributed by atoms with E-state index in [2.05, 4.69) is 31.2 Å². The van der Waals surface area contributed by atoms with E-state index in [0.717, 1.165) is 19.6 Å². The van der Waals surface area contributed by atoms with Crippen LogP contribution in [0.15, 0.2) is 24.3 Å². The first kappa shape index (κ1) is 12.2. The molecule has 0 fully saturated rings. The lowest BCUT2D eigenvalue weighted by molar-refractivity contribution is 0.140. The fourth-order valence-corrected chi connectivity index (χ4v) is 1.71. The molecule has 1 atom stereocenters. The first-order valence-electron chi connectivity index (χ1n) is 5.62. The number of ether oxygens (including phenoxy) is 1. The molecule has 2 N–H and O–H groups in total. The fourth-order valence-electron chi connectivity index (χ4n) is 1.71. The third-order valence-corrected chi connectivity index (χ3v) is 2.61. The van der Waals surface area contributed by atoms with Gasteiger partial charge in [0, 0.05) is 13.2 Å². The summed E-state index contributed by atoms with van der Waals surface area (Å²) in [4.78, 5) is 0. The molecule has 0 aliphatic carbocycles. The third kappa shape index (κ3) is 4.02. The zero-order valence-electron chi connectivity index (χ0n) is 9.70. The van der Waals surface area contributed by atoms with E-state index in [1.54, 1.807) is 0 Å². The van der Waals surface area contributed by atoms with Crippen molar-refractivity contribution in [2.24, 2.45) is 5.73 Å². The van der Waals surface area contributed by atoms with Gasteiger partial charge in [-0.05, 0) is 38.3 Å². The summed E-state index contributed by atoms with van der Waals surface area (Å²) < 4.78 is 5.36. The summed E-state index contributed by atoms with van der Waals surface area (Å²) >= 11 is 0. The predicted octanol–water partition coefficient (Wildman–Crippen LogP) is 2.46. The number of benzene rings is 1. The Morgan fingerprint density at radius 1 is 1.40 bits per heavy atom. The van der Waals surface area contributed by atoms with Crippen LogP contribution in [-0.2, 0) is 4.74 Å². The van der Waals surface area contributed by atoms with Gasteiger partial charge in [-0.15, -0.1) is 0 Å². The first-order valence-corrected chi connectivity index (χ1v) is 5.62. The first-order chi connectivity index (χ1) is 7.27. The molecule has 0 aliphatic heterocycles. The van der Waals surface area contributed by atoms with Gasteiger partial charge in [0.1, 0.15) is 0 Å². The summed E-state index contributed by atoms with van der Waals surface area (Å²) in [5, 5.41) is 0. The van der Waals surface area contributed by atoms with Gasteiger partial charge in [0.2, 0.25) is 0 Å². The summed E-state index contributed by atoms with van der Waals surface area (Å²) in [7, 11) is 0. The van der Waals surface area contributed by atoms with Gasteiger partial charge in [-0.1, -0.05) is 29.8 Å². The number of hydrogen-bond acceptors (Lipinski definition) is 2. The van der Waals surface area contributed by atoms with Crippen LogP contribution in [0.2, 0.25) is 0 Å². The van der Waals surface area contributed by atoms with E-state index in [1.165, 1.54) is 11.1 Å². The molecule has 0 saturated heterocycles. The Bertz CT molecular complexity index is 286. The second-order valence-electron chi connectivity index (χ2n) is 3.83. The zero-order chi connectivity index (χ0) is 11.1. The highest BCUT2D eigenvalue weighted by Gasteiger charge is 2.09. The molecule has 2 heteroatoms. The summed E-state index contributed by atoms with van der Waals surface area (Å²) in [6.07, 6.45) is 1.01. The Labute approximate surface area is 92.4 Å². The van der Waals surface area contributed by atoms with Crippen molar-refractivity contribution >= 4 is 0 Å². The van der Waals surface area contributed by atoms with Crippen LogP contribution in [-0.4, -0.2) is 19.8 Å². The van der Waals surface area contributed by atoms with Crippen molar-refractivity contribution in [2.75, 3.05) is 19.8 Å². The van der Waals surface area contributed by atoms with Gasteiger partial charge >= 0.3 is 0 Å². The Morgan fingerprint density at radius 2 is 2.20 bits per heavy atom. The van der Waals surface area contributed by atoms with E-state index in [4.69, 9.17) is 10.5 Å². The van der Waals surface area contributed by atoms with Crippen LogP contribution >= 0.6 is 0 Å². The number of hydrogen-bond donors (Lipinski definition) is 1. The van der Waals surface area contributed by atoms with Crippen LogP contribution in [0.1, 0.15) is 30.4 Å². The topological polar surface area (TPSA) is 35.2 Å². The molecule has 0 aromatic heterocycles. The molecule has 0 saturated carbocycles. The molecule has 0 amide bonds. The summed E-state index contributed by atoms with van der Waals surface area (Å²) in [6, 6.07) is 8.56. The molecule has 1 aromatic carbocycles. The van der Waals surface area contributed by atoms with Crippen molar-refractivity contribution in [3.8, 4) is 0 Å². The van der Waals surface area contributed by atoms with Crippen LogP contribution in [0.3, 0.4) is 0 Å². The molecule has 84 valence electrons. The quantitative estimate of drug-likeness (QED) is 0.727. The largest absolute Gasteiger partial charge is 0.382 e. The van der Waals surface area contributed by atoms with Gasteiger partial charge in [-0.25, -0.2) is 0 Å². The Kier molecular flexibility index (Phi) is 5.37. The van der Waals surface area contributed by atoms with Crippen molar-refractivity contribution in [1.82, 2.24) is 0 Å². The van der Waals surface area contributed by atoms with Crippen molar-refractivity contribution in [1.29, 1.82) is 0 Å². The smallest absolute Gasteiger partial charge is 0.0472 e. The van der Waals surface area contributed by atoms with Gasteiger partial charge in [-0.3, -0.25) is 0 Å². The van der Waals surface area contributed by atoms with Gasteiger partial charge in [0.15, 0.2) is 0 Å². The van der Waals surface area contributed by atoms with E-state index in [9.17, 15) is 0 Å². The number of nitrogens with two attached hydrogens (primary N) is 1. The molecule has 1 rings (SSSR count). The maximum Gasteiger partial charge on any atom is 0.0472 e. The lowest BCUT2D eigenvalue weighted by atomic mass is 9.95. The summed E-state index contributed by atoms with van der Waals surface area (Å²) in [6.45, 7) is 6.40. The highest BCUT2D eigenvalue weighted by Crippen LogP contribution is 2.19. The van der Waals surface area contributed by atoms with Crippen LogP contribution in [0.25, 0.3) is 0 Å². The molecule has 0 spiro atoms. The normalized spacial score (nSPS) is 12.7. The fraction of sp³-hybridized carbons (Fsp3) is 0.538. The minimum absolute atomic E-state index is 0.427. The molecule has 0 heterocycles. The third-order valence-electron chi connectivity index (χ3n) is 2.61. The Hall–Kier alpha value is -0.860. The van der Waals surface area contributed by atoms with E-state index >= 15 is 0 Å². The van der Waals surface area contributed by atoms with Gasteiger partial charge < -0.3 is 10.5 Å². The maximum absolute atomic E-state index is 5.78. The molecular weight excluding hydrogens is 186 g/mol. The molecule has 15 heavy (non-hydrogen) atoms. The Balaban J connectivity index is 2.57. The van der Waals surface area contributed by atoms with E-state index in [-0.39, 0.29) is 0 Å². The van der Waals surface area contributed by atoms with Crippen LogP contribution < -0.4 is 5.73 Å². The molecule has 1 aromatic rings. The van der Waals surface area contributed by atoms with Crippen LogP contribution in [0, 0.1) is 6.92 Å². The predicted molar refractivity (Wildman–Crippen MR) is 64.1 cm³/mol. The lowest BCUT2D eigenvalue weighted by Crippen LogP contribution is -2.14. The Morgan fingerprint density at radius 3 is 2.80 bits per heavy atom. The highest BCUT2D eigenvalue weighted by atomic mass is 16.5. The van der Waals surface area contributed by atoms with Gasteiger partial charge in [0.05, 0.1) is 0 Å². The molecule has 0 bridgehead atoms. The van der Waals surface area contributed by atoms with Crippen molar-refractivity contribution in [3.63, 3.8) is 0 Å². The van der Waals surface area contributed by atoms with Crippen molar-refractivity contribution in [3.05, 3.63) is 35.4 Å². The van der Waals surface area contributed by atoms with E-state index < -0.39 is 0 Å². The average Bonchev–Trinajstić information content (AvgIpc) is 2.24. The van der Waals surface area contributed by atoms with Gasteiger partial charge in [0.25, 0.3) is 0 Å². The highest BCUT2D eigenvalue weighted by molar-refractivity contribution is 5.25. The minimum Gasteiger partial charge on any atom is -0.382 e. The minimum atomic E-state index is 0.427. The lowest BCUT2D eigenvalue weighted by Gasteiger charge is -2.15. The second kappa shape index (κ2) is 6.59. The van der Waals surface area contributed by atoms with Crippen LogP contribution in [0.4, 0.5) is 0 Å². The monoisotopic (exact) mass is 207 g/mol. The summed E-state index contributed by atoms with van der Waals surface area (Å²) in [5.74, 6) is 0.427. The van der Waals surface area contributed by atoms with Crippen LogP contribution in [0.5, 0.6) is 0 Å². The number of rotatable bonds is 6. The number of aryl methyl sites for hydroxylation is 1. The summed E-state index contributed by atoms with van der Waals surface area (Å²) in [5.41, 5.74) is 8.41. The molecule has 0 aliphatic rings. The SMILES string of the molecule is CCOCCC(CN)c1cccc(C)c1. The maximum atomic E-state index is 5.78. The average molecular weight is 207 g/mol. The second-order valence-corrected chi connectivity index (χ2v) is 3.83. The molecule has 0 radical (unpaired) electrons. The van der Waals surface area contributed by atoms with Gasteiger partial charge in [-0.2, -0.15) is 0 Å². The molecule has 2 nitrogen and oxygen atoms in total.